The molecule has 1 N–H and O–H groups in total. The molecule has 0 aliphatic heterocycles. The first-order valence-corrected chi connectivity index (χ1v) is 8.11. The summed E-state index contributed by atoms with van der Waals surface area (Å²) in [5, 5.41) is 9.35. The Morgan fingerprint density at radius 1 is 1.41 bits per heavy atom. The van der Waals surface area contributed by atoms with Gasteiger partial charge >= 0.3 is 5.97 Å². The highest BCUT2D eigenvalue weighted by atomic mass is 32.2. The highest BCUT2D eigenvalue weighted by Crippen LogP contribution is 2.46. The summed E-state index contributed by atoms with van der Waals surface area (Å²) in [6.45, 7) is 3.66. The van der Waals surface area contributed by atoms with E-state index in [4.69, 9.17) is 0 Å². The molecule has 0 radical (unpaired) electrons. The predicted molar refractivity (Wildman–Crippen MR) is 66.6 cm³/mol. The van der Waals surface area contributed by atoms with E-state index in [1.54, 1.807) is 6.92 Å². The molecule has 0 saturated heterocycles. The van der Waals surface area contributed by atoms with Crippen molar-refractivity contribution in [2.75, 3.05) is 11.5 Å². The molecule has 0 spiro atoms. The van der Waals surface area contributed by atoms with Crippen LogP contribution in [0.5, 0.6) is 0 Å². The van der Waals surface area contributed by atoms with Crippen molar-refractivity contribution in [3.63, 3.8) is 0 Å². The van der Waals surface area contributed by atoms with Crippen molar-refractivity contribution < 1.29 is 18.3 Å². The molecular formula is C12H22O4S. The zero-order valence-corrected chi connectivity index (χ0v) is 11.4. The summed E-state index contributed by atoms with van der Waals surface area (Å²) in [7, 11) is -3.07. The Balaban J connectivity index is 2.72. The molecule has 1 rings (SSSR count). The number of carboxylic acids is 1. The first-order valence-electron chi connectivity index (χ1n) is 6.29. The first kappa shape index (κ1) is 14.5. The number of sulfone groups is 1. The maximum atomic E-state index is 11.5. The average Bonchev–Trinajstić information content (AvgIpc) is 2.72. The SMILES string of the molecule is CCC1CCC(CCS(=O)(=O)CC)(C(=O)O)C1. The van der Waals surface area contributed by atoms with Gasteiger partial charge in [-0.15, -0.1) is 0 Å². The molecule has 0 aromatic carbocycles. The molecule has 2 unspecified atom stereocenters. The summed E-state index contributed by atoms with van der Waals surface area (Å²) in [5.41, 5.74) is -0.789. The molecule has 0 bridgehead atoms. The monoisotopic (exact) mass is 262 g/mol. The van der Waals surface area contributed by atoms with Crippen LogP contribution in [0.15, 0.2) is 0 Å². The zero-order valence-electron chi connectivity index (χ0n) is 10.6. The second kappa shape index (κ2) is 5.38. The fraction of sp³-hybridized carbons (Fsp3) is 0.917. The summed E-state index contributed by atoms with van der Waals surface area (Å²) in [6, 6.07) is 0. The maximum Gasteiger partial charge on any atom is 0.309 e. The van der Waals surface area contributed by atoms with Crippen LogP contribution in [-0.2, 0) is 14.6 Å². The molecule has 0 aromatic heterocycles. The number of carboxylic acid groups (broad SMARTS) is 1. The Bertz CT molecular complexity index is 374. The van der Waals surface area contributed by atoms with Crippen LogP contribution in [0.25, 0.3) is 0 Å². The third-order valence-corrected chi connectivity index (χ3v) is 5.78. The van der Waals surface area contributed by atoms with Crippen LogP contribution in [0.3, 0.4) is 0 Å². The third kappa shape index (κ3) is 3.44. The van der Waals surface area contributed by atoms with Crippen molar-refractivity contribution in [2.45, 2.75) is 46.0 Å². The van der Waals surface area contributed by atoms with E-state index in [-0.39, 0.29) is 17.9 Å². The quantitative estimate of drug-likeness (QED) is 0.795. The van der Waals surface area contributed by atoms with E-state index >= 15 is 0 Å². The van der Waals surface area contributed by atoms with Gasteiger partial charge in [-0.05, 0) is 31.6 Å². The molecule has 100 valence electrons. The van der Waals surface area contributed by atoms with Crippen LogP contribution in [0.4, 0.5) is 0 Å². The van der Waals surface area contributed by atoms with Gasteiger partial charge in [0.05, 0.1) is 11.2 Å². The zero-order chi connectivity index (χ0) is 13.1. The molecule has 0 heterocycles. The molecular weight excluding hydrogens is 240 g/mol. The van der Waals surface area contributed by atoms with Crippen molar-refractivity contribution in [1.29, 1.82) is 0 Å². The smallest absolute Gasteiger partial charge is 0.309 e. The Hall–Kier alpha value is -0.580. The molecule has 5 heteroatoms. The van der Waals surface area contributed by atoms with Gasteiger partial charge < -0.3 is 5.11 Å². The normalized spacial score (nSPS) is 29.4. The van der Waals surface area contributed by atoms with E-state index in [0.717, 1.165) is 12.8 Å². The molecule has 4 nitrogen and oxygen atoms in total. The van der Waals surface area contributed by atoms with Gasteiger partial charge in [-0.25, -0.2) is 8.42 Å². The van der Waals surface area contributed by atoms with Gasteiger partial charge in [0.25, 0.3) is 0 Å². The summed E-state index contributed by atoms with van der Waals surface area (Å²) < 4.78 is 23.0. The van der Waals surface area contributed by atoms with E-state index in [1.807, 2.05) is 0 Å². The molecule has 0 aromatic rings. The number of hydrogen-bond donors (Lipinski definition) is 1. The van der Waals surface area contributed by atoms with Gasteiger partial charge in [-0.1, -0.05) is 20.3 Å². The lowest BCUT2D eigenvalue weighted by molar-refractivity contribution is -0.149. The number of rotatable bonds is 6. The molecule has 1 fully saturated rings. The van der Waals surface area contributed by atoms with Gasteiger partial charge in [0, 0.05) is 5.75 Å². The van der Waals surface area contributed by atoms with Gasteiger partial charge in [-0.2, -0.15) is 0 Å². The maximum absolute atomic E-state index is 11.5. The predicted octanol–water partition coefficient (Wildman–Crippen LogP) is 2.09. The Morgan fingerprint density at radius 2 is 2.06 bits per heavy atom. The van der Waals surface area contributed by atoms with Crippen LogP contribution in [0.1, 0.15) is 46.0 Å². The topological polar surface area (TPSA) is 71.4 Å². The van der Waals surface area contributed by atoms with Crippen LogP contribution < -0.4 is 0 Å². The van der Waals surface area contributed by atoms with Gasteiger partial charge in [0.2, 0.25) is 0 Å². The first-order chi connectivity index (χ1) is 7.85. The highest BCUT2D eigenvalue weighted by Gasteiger charge is 2.45. The molecule has 0 amide bonds. The van der Waals surface area contributed by atoms with Crippen molar-refractivity contribution in [3.8, 4) is 0 Å². The van der Waals surface area contributed by atoms with Gasteiger partial charge in [-0.3, -0.25) is 4.79 Å². The van der Waals surface area contributed by atoms with E-state index in [9.17, 15) is 18.3 Å². The average molecular weight is 262 g/mol. The largest absolute Gasteiger partial charge is 0.481 e. The standard InChI is InChI=1S/C12H22O4S/c1-3-10-5-6-12(9-10,11(13)14)7-8-17(15,16)4-2/h10H,3-9H2,1-2H3,(H,13,14). The Labute approximate surface area is 103 Å². The number of aliphatic carboxylic acids is 1. The lowest BCUT2D eigenvalue weighted by atomic mass is 9.82. The van der Waals surface area contributed by atoms with E-state index in [1.165, 1.54) is 0 Å². The van der Waals surface area contributed by atoms with Crippen molar-refractivity contribution in [1.82, 2.24) is 0 Å². The molecule has 1 aliphatic rings. The Kier molecular flexibility index (Phi) is 4.58. The van der Waals surface area contributed by atoms with E-state index in [2.05, 4.69) is 6.92 Å². The fourth-order valence-corrected chi connectivity index (χ4v) is 3.60. The lowest BCUT2D eigenvalue weighted by Crippen LogP contribution is -2.31. The van der Waals surface area contributed by atoms with Crippen molar-refractivity contribution >= 4 is 15.8 Å². The minimum atomic E-state index is -3.07. The van der Waals surface area contributed by atoms with Crippen molar-refractivity contribution in [3.05, 3.63) is 0 Å². The second-order valence-corrected chi connectivity index (χ2v) is 7.56. The minimum absolute atomic E-state index is 0.00618. The van der Waals surface area contributed by atoms with Crippen LogP contribution in [0, 0.1) is 11.3 Å². The van der Waals surface area contributed by atoms with Crippen LogP contribution in [-0.4, -0.2) is 31.0 Å². The summed E-state index contributed by atoms with van der Waals surface area (Å²) in [5.74, 6) is -0.276. The van der Waals surface area contributed by atoms with Gasteiger partial charge in [0.1, 0.15) is 9.84 Å². The lowest BCUT2D eigenvalue weighted by Gasteiger charge is -2.24. The third-order valence-electron chi connectivity index (χ3n) is 4.07. The molecule has 1 saturated carbocycles. The van der Waals surface area contributed by atoms with E-state index < -0.39 is 21.2 Å². The molecule has 2 atom stereocenters. The molecule has 1 aliphatic carbocycles. The molecule has 17 heavy (non-hydrogen) atoms. The minimum Gasteiger partial charge on any atom is -0.481 e. The van der Waals surface area contributed by atoms with Crippen molar-refractivity contribution in [2.24, 2.45) is 11.3 Å². The van der Waals surface area contributed by atoms with Crippen LogP contribution >= 0.6 is 0 Å². The summed E-state index contributed by atoms with van der Waals surface area (Å²) in [4.78, 5) is 11.4. The van der Waals surface area contributed by atoms with E-state index in [0.29, 0.717) is 18.8 Å². The fourth-order valence-electron chi connectivity index (χ4n) is 2.61. The van der Waals surface area contributed by atoms with Crippen LogP contribution in [0.2, 0.25) is 0 Å². The Morgan fingerprint density at radius 3 is 2.47 bits per heavy atom. The number of carbonyl (C=O) groups is 1. The second-order valence-electron chi connectivity index (χ2n) is 5.09. The highest BCUT2D eigenvalue weighted by molar-refractivity contribution is 7.91. The summed E-state index contributed by atoms with van der Waals surface area (Å²) >= 11 is 0. The number of hydrogen-bond acceptors (Lipinski definition) is 3. The van der Waals surface area contributed by atoms with Gasteiger partial charge in [0.15, 0.2) is 0 Å². The summed E-state index contributed by atoms with van der Waals surface area (Å²) in [6.07, 6.45) is 3.43.